The fraction of sp³-hybridized carbons (Fsp3) is 0.520. The van der Waals surface area contributed by atoms with Crippen LogP contribution < -0.4 is 16.4 Å². The van der Waals surface area contributed by atoms with E-state index in [1.54, 1.807) is 0 Å². The van der Waals surface area contributed by atoms with Crippen molar-refractivity contribution < 1.29 is 42.3 Å². The molecule has 0 bridgehead atoms. The number of carbonyl (C=O) groups excluding carboxylic acids is 2. The number of aromatic nitrogens is 3. The van der Waals surface area contributed by atoms with Crippen LogP contribution in [-0.4, -0.2) is 84.8 Å². The number of anilines is 1. The van der Waals surface area contributed by atoms with Crippen LogP contribution in [0.15, 0.2) is 24.3 Å². The van der Waals surface area contributed by atoms with E-state index in [2.05, 4.69) is 22.5 Å². The molecular weight excluding hydrogens is 559 g/mol. The van der Waals surface area contributed by atoms with Gasteiger partial charge in [0, 0.05) is 32.4 Å². The first-order valence-electron chi connectivity index (χ1n) is 13.1. The SMILES string of the molecule is CCCCc1nc2c(N)nc3ccccc3c2n1CCOP(=O)(O)OCCOC[C@@H](COC(=O)NC)OC(=O)NC. The van der Waals surface area contributed by atoms with E-state index < -0.39 is 26.1 Å². The van der Waals surface area contributed by atoms with Gasteiger partial charge < -0.3 is 40.0 Å². The van der Waals surface area contributed by atoms with Crippen molar-refractivity contribution in [3.8, 4) is 0 Å². The van der Waals surface area contributed by atoms with Crippen LogP contribution in [0.1, 0.15) is 25.6 Å². The number of hydrogen-bond donors (Lipinski definition) is 4. The summed E-state index contributed by atoms with van der Waals surface area (Å²) in [7, 11) is -1.65. The molecule has 3 aromatic rings. The zero-order valence-electron chi connectivity index (χ0n) is 23.3. The number of unbranched alkanes of at least 4 members (excludes halogenated alkanes) is 1. The van der Waals surface area contributed by atoms with E-state index in [0.717, 1.165) is 35.1 Å². The molecule has 0 saturated carbocycles. The maximum absolute atomic E-state index is 12.5. The standard InChI is InChI=1S/C25H37N6O9P/c1-4-5-10-20-30-21-22(18-8-6-7-9-19(18)29-23(21)26)31(20)11-12-38-41(34,35)39-14-13-36-15-17(40-25(33)28-3)16-37-24(32)27-2/h6-9,17H,4-5,10-16H2,1-3H3,(H2,26,29)(H,27,32)(H,28,33)(H,34,35)/t17-/m0/s1. The number of amides is 2. The Morgan fingerprint density at radius 3 is 2.54 bits per heavy atom. The number of fused-ring (bicyclic) bond motifs is 3. The maximum Gasteiger partial charge on any atom is 0.472 e. The number of alkyl carbamates (subject to hydrolysis) is 2. The number of imidazole rings is 1. The molecule has 16 heteroatoms. The molecule has 41 heavy (non-hydrogen) atoms. The summed E-state index contributed by atoms with van der Waals surface area (Å²) in [5, 5.41) is 5.42. The van der Waals surface area contributed by atoms with Gasteiger partial charge in [0.2, 0.25) is 0 Å². The summed E-state index contributed by atoms with van der Waals surface area (Å²) < 4.78 is 40.0. The number of nitrogen functional groups attached to an aromatic ring is 1. The molecule has 0 saturated heterocycles. The molecule has 2 amide bonds. The summed E-state index contributed by atoms with van der Waals surface area (Å²) in [4.78, 5) is 42.1. The summed E-state index contributed by atoms with van der Waals surface area (Å²) in [5.41, 5.74) is 8.30. The van der Waals surface area contributed by atoms with Crippen LogP contribution in [0.5, 0.6) is 0 Å². The monoisotopic (exact) mass is 596 g/mol. The summed E-state index contributed by atoms with van der Waals surface area (Å²) in [6.45, 7) is 1.39. The van der Waals surface area contributed by atoms with E-state index >= 15 is 0 Å². The number of nitrogens with zero attached hydrogens (tertiary/aromatic N) is 3. The number of nitrogens with two attached hydrogens (primary N) is 1. The van der Waals surface area contributed by atoms with Crippen molar-refractivity contribution in [1.29, 1.82) is 0 Å². The molecule has 2 heterocycles. The smallest absolute Gasteiger partial charge is 0.446 e. The quantitative estimate of drug-likeness (QED) is 0.139. The Kier molecular flexibility index (Phi) is 12.1. The summed E-state index contributed by atoms with van der Waals surface area (Å²) >= 11 is 0. The van der Waals surface area contributed by atoms with Crippen molar-refractivity contribution >= 4 is 47.8 Å². The molecule has 2 aromatic heterocycles. The van der Waals surface area contributed by atoms with Crippen molar-refractivity contribution in [2.75, 3.05) is 52.9 Å². The van der Waals surface area contributed by atoms with Crippen LogP contribution in [0.3, 0.4) is 0 Å². The van der Waals surface area contributed by atoms with Gasteiger partial charge >= 0.3 is 20.0 Å². The average Bonchev–Trinajstić information content (AvgIpc) is 3.33. The first-order valence-corrected chi connectivity index (χ1v) is 14.6. The highest BCUT2D eigenvalue weighted by atomic mass is 31.2. The van der Waals surface area contributed by atoms with Gasteiger partial charge in [0.25, 0.3) is 0 Å². The minimum atomic E-state index is -4.41. The number of phosphoric acid groups is 1. The molecule has 0 spiro atoms. The molecule has 0 aliphatic rings. The number of phosphoric ester groups is 1. The molecule has 3 rings (SSSR count). The molecule has 0 radical (unpaired) electrons. The lowest BCUT2D eigenvalue weighted by Gasteiger charge is -2.18. The molecule has 0 fully saturated rings. The fourth-order valence-corrected chi connectivity index (χ4v) is 4.64. The number of benzene rings is 1. The van der Waals surface area contributed by atoms with Crippen LogP contribution in [0.25, 0.3) is 21.9 Å². The van der Waals surface area contributed by atoms with Gasteiger partial charge in [-0.25, -0.2) is 24.1 Å². The minimum Gasteiger partial charge on any atom is -0.446 e. The minimum absolute atomic E-state index is 0.118. The largest absolute Gasteiger partial charge is 0.472 e. The lowest BCUT2D eigenvalue weighted by molar-refractivity contribution is -0.0183. The van der Waals surface area contributed by atoms with E-state index in [1.807, 2.05) is 28.8 Å². The number of para-hydroxylation sites is 1. The number of carbonyl (C=O) groups is 2. The molecule has 1 unspecified atom stereocenters. The second kappa shape index (κ2) is 15.5. The molecule has 226 valence electrons. The van der Waals surface area contributed by atoms with Crippen molar-refractivity contribution in [3.63, 3.8) is 0 Å². The second-order valence-electron chi connectivity index (χ2n) is 8.83. The molecule has 2 atom stereocenters. The number of nitrogens with one attached hydrogen (secondary N) is 2. The van der Waals surface area contributed by atoms with E-state index in [1.165, 1.54) is 14.1 Å². The van der Waals surface area contributed by atoms with Crippen LogP contribution in [0.4, 0.5) is 15.4 Å². The highest BCUT2D eigenvalue weighted by Gasteiger charge is 2.23. The molecule has 15 nitrogen and oxygen atoms in total. The van der Waals surface area contributed by atoms with Gasteiger partial charge in [-0.3, -0.25) is 9.05 Å². The first-order chi connectivity index (χ1) is 19.7. The Labute approximate surface area is 237 Å². The lowest BCUT2D eigenvalue weighted by Crippen LogP contribution is -2.35. The highest BCUT2D eigenvalue weighted by molar-refractivity contribution is 7.47. The van der Waals surface area contributed by atoms with Crippen LogP contribution >= 0.6 is 7.82 Å². The van der Waals surface area contributed by atoms with Crippen LogP contribution in [-0.2, 0) is 40.8 Å². The topological polar surface area (TPSA) is 198 Å². The van der Waals surface area contributed by atoms with Gasteiger partial charge in [0.05, 0.1) is 37.5 Å². The Hall–Kier alpha value is -3.49. The van der Waals surface area contributed by atoms with Crippen LogP contribution in [0.2, 0.25) is 0 Å². The molecule has 5 N–H and O–H groups in total. The Morgan fingerprint density at radius 1 is 1.07 bits per heavy atom. The lowest BCUT2D eigenvalue weighted by atomic mass is 10.2. The van der Waals surface area contributed by atoms with E-state index in [4.69, 9.17) is 34.0 Å². The molecular formula is C25H37N6O9P. The third-order valence-corrected chi connectivity index (χ3v) is 6.90. The van der Waals surface area contributed by atoms with Crippen LogP contribution in [0, 0.1) is 0 Å². The number of ether oxygens (including phenoxy) is 3. The van der Waals surface area contributed by atoms with Crippen molar-refractivity contribution in [3.05, 3.63) is 30.1 Å². The van der Waals surface area contributed by atoms with Gasteiger partial charge in [-0.2, -0.15) is 0 Å². The zero-order valence-corrected chi connectivity index (χ0v) is 24.2. The normalized spacial score (nSPS) is 13.6. The third kappa shape index (κ3) is 9.26. The Bertz CT molecular complexity index is 1370. The Morgan fingerprint density at radius 2 is 1.80 bits per heavy atom. The predicted octanol–water partition coefficient (Wildman–Crippen LogP) is 2.74. The number of hydrogen-bond acceptors (Lipinski definition) is 11. The van der Waals surface area contributed by atoms with Crippen molar-refractivity contribution in [1.82, 2.24) is 25.2 Å². The van der Waals surface area contributed by atoms with E-state index in [-0.39, 0.29) is 39.6 Å². The van der Waals surface area contributed by atoms with Gasteiger partial charge in [0.1, 0.15) is 17.9 Å². The second-order valence-corrected chi connectivity index (χ2v) is 10.3. The fourth-order valence-electron chi connectivity index (χ4n) is 3.95. The third-order valence-electron chi connectivity index (χ3n) is 5.88. The number of aryl methyl sites for hydroxylation is 1. The predicted molar refractivity (Wildman–Crippen MR) is 150 cm³/mol. The molecule has 0 aliphatic carbocycles. The summed E-state index contributed by atoms with van der Waals surface area (Å²) in [6, 6.07) is 7.57. The van der Waals surface area contributed by atoms with Gasteiger partial charge in [-0.05, 0) is 12.5 Å². The molecule has 1 aromatic carbocycles. The van der Waals surface area contributed by atoms with Gasteiger partial charge in [0.15, 0.2) is 11.9 Å². The van der Waals surface area contributed by atoms with Gasteiger partial charge in [-0.1, -0.05) is 31.5 Å². The maximum atomic E-state index is 12.5. The number of rotatable bonds is 16. The number of pyridine rings is 1. The van der Waals surface area contributed by atoms with E-state index in [9.17, 15) is 19.0 Å². The summed E-state index contributed by atoms with van der Waals surface area (Å²) in [6.07, 6.45) is 0.227. The Balaban J connectivity index is 1.56. The van der Waals surface area contributed by atoms with Crippen molar-refractivity contribution in [2.24, 2.45) is 0 Å². The highest BCUT2D eigenvalue weighted by Crippen LogP contribution is 2.43. The summed E-state index contributed by atoms with van der Waals surface area (Å²) in [5.74, 6) is 1.10. The van der Waals surface area contributed by atoms with Gasteiger partial charge in [-0.15, -0.1) is 0 Å². The zero-order chi connectivity index (χ0) is 29.8. The van der Waals surface area contributed by atoms with Crippen molar-refractivity contribution in [2.45, 2.75) is 38.8 Å². The van der Waals surface area contributed by atoms with E-state index in [0.29, 0.717) is 17.8 Å². The molecule has 0 aliphatic heterocycles. The average molecular weight is 597 g/mol. The first kappa shape index (κ1) is 32.0.